The third kappa shape index (κ3) is 4.71. The van der Waals surface area contributed by atoms with E-state index in [9.17, 15) is 13.2 Å². The number of fused-ring (bicyclic) bond motifs is 1. The van der Waals surface area contributed by atoms with Gasteiger partial charge < -0.3 is 9.84 Å². The Kier molecular flexibility index (Phi) is 6.04. The Hall–Kier alpha value is -2.40. The van der Waals surface area contributed by atoms with Crippen LogP contribution in [0.5, 0.6) is 0 Å². The second kappa shape index (κ2) is 8.31. The Balaban J connectivity index is 0.000000279. The van der Waals surface area contributed by atoms with Crippen molar-refractivity contribution in [3.05, 3.63) is 35.4 Å². The van der Waals surface area contributed by atoms with Crippen molar-refractivity contribution in [1.82, 2.24) is 24.5 Å². The molecule has 28 heavy (non-hydrogen) atoms. The monoisotopic (exact) mass is 401 g/mol. The molecule has 0 bridgehead atoms. The van der Waals surface area contributed by atoms with Crippen molar-refractivity contribution < 1.29 is 27.8 Å². The molecular weight excluding hydrogens is 379 g/mol. The van der Waals surface area contributed by atoms with Gasteiger partial charge >= 0.3 is 12.1 Å². The fraction of sp³-hybridized carbons (Fsp3) is 0.588. The number of aromatic nitrogens is 4. The summed E-state index contributed by atoms with van der Waals surface area (Å²) in [6.45, 7) is 4.59. The molecule has 0 unspecified atom stereocenters. The molecule has 2 aliphatic rings. The molecule has 0 radical (unpaired) electrons. The van der Waals surface area contributed by atoms with Gasteiger partial charge in [0.05, 0.1) is 17.9 Å². The van der Waals surface area contributed by atoms with Gasteiger partial charge in [0.1, 0.15) is 0 Å². The molecule has 11 heteroatoms. The third-order valence-corrected chi connectivity index (χ3v) is 4.89. The molecule has 1 saturated heterocycles. The zero-order chi connectivity index (χ0) is 20.3. The number of carboxylic acids is 1. The lowest BCUT2D eigenvalue weighted by atomic mass is 10.1. The average Bonchev–Trinajstić information content (AvgIpc) is 3.36. The van der Waals surface area contributed by atoms with Crippen LogP contribution in [0.2, 0.25) is 0 Å². The summed E-state index contributed by atoms with van der Waals surface area (Å²) < 4.78 is 41.2. The van der Waals surface area contributed by atoms with Gasteiger partial charge in [-0.05, 0) is 18.9 Å². The van der Waals surface area contributed by atoms with Crippen molar-refractivity contribution in [1.29, 1.82) is 0 Å². The van der Waals surface area contributed by atoms with Crippen LogP contribution < -0.4 is 0 Å². The summed E-state index contributed by atoms with van der Waals surface area (Å²) in [5.74, 6) is -2.76. The minimum absolute atomic E-state index is 0.656. The number of alkyl halides is 3. The van der Waals surface area contributed by atoms with Crippen LogP contribution in [0.1, 0.15) is 29.8 Å². The maximum atomic E-state index is 10.6. The fourth-order valence-corrected chi connectivity index (χ4v) is 3.48. The van der Waals surface area contributed by atoms with E-state index in [1.165, 1.54) is 11.3 Å². The van der Waals surface area contributed by atoms with Crippen molar-refractivity contribution in [2.24, 2.45) is 7.05 Å². The molecule has 4 heterocycles. The number of aliphatic carboxylic acids is 1. The number of rotatable bonds is 3. The summed E-state index contributed by atoms with van der Waals surface area (Å²) in [6, 6.07) is 2.61. The van der Waals surface area contributed by atoms with Gasteiger partial charge in [-0.1, -0.05) is 0 Å². The van der Waals surface area contributed by atoms with Crippen LogP contribution in [0.4, 0.5) is 13.2 Å². The molecule has 4 rings (SSSR count). The van der Waals surface area contributed by atoms with Crippen molar-refractivity contribution in [2.75, 3.05) is 13.2 Å². The highest BCUT2D eigenvalue weighted by Crippen LogP contribution is 2.30. The van der Waals surface area contributed by atoms with Crippen LogP contribution >= 0.6 is 0 Å². The number of nitrogens with zero attached hydrogens (tertiary/aromatic N) is 5. The fourth-order valence-electron chi connectivity index (χ4n) is 3.48. The summed E-state index contributed by atoms with van der Waals surface area (Å²) in [5, 5.41) is 16.1. The topological polar surface area (TPSA) is 85.4 Å². The van der Waals surface area contributed by atoms with E-state index in [0.717, 1.165) is 51.4 Å². The molecule has 0 atom stereocenters. The molecule has 2 aromatic heterocycles. The quantitative estimate of drug-likeness (QED) is 0.844. The second-order valence-electron chi connectivity index (χ2n) is 6.75. The minimum atomic E-state index is -5.08. The van der Waals surface area contributed by atoms with Gasteiger partial charge in [-0.15, -0.1) is 0 Å². The van der Waals surface area contributed by atoms with Gasteiger partial charge in [0.15, 0.2) is 0 Å². The van der Waals surface area contributed by atoms with Crippen molar-refractivity contribution in [2.45, 2.75) is 44.7 Å². The largest absolute Gasteiger partial charge is 0.490 e. The Morgan fingerprint density at radius 1 is 1.32 bits per heavy atom. The zero-order valence-corrected chi connectivity index (χ0v) is 15.4. The maximum absolute atomic E-state index is 10.6. The van der Waals surface area contributed by atoms with Crippen molar-refractivity contribution >= 4 is 5.97 Å². The molecule has 1 fully saturated rings. The number of carboxylic acid groups (broad SMARTS) is 1. The zero-order valence-electron chi connectivity index (χ0n) is 15.4. The Bertz CT molecular complexity index is 798. The number of ether oxygens (including phenoxy) is 1. The minimum Gasteiger partial charge on any atom is -0.475 e. The molecule has 0 aliphatic carbocycles. The van der Waals surface area contributed by atoms with E-state index in [-0.39, 0.29) is 0 Å². The average molecular weight is 401 g/mol. The second-order valence-corrected chi connectivity index (χ2v) is 6.75. The lowest BCUT2D eigenvalue weighted by molar-refractivity contribution is -0.192. The number of hydrogen-bond donors (Lipinski definition) is 1. The molecule has 0 saturated carbocycles. The maximum Gasteiger partial charge on any atom is 0.490 e. The van der Waals surface area contributed by atoms with E-state index >= 15 is 0 Å². The van der Waals surface area contributed by atoms with Gasteiger partial charge in [-0.2, -0.15) is 23.4 Å². The number of aryl methyl sites for hydroxylation is 1. The van der Waals surface area contributed by atoms with E-state index in [1.54, 1.807) is 0 Å². The van der Waals surface area contributed by atoms with Crippen molar-refractivity contribution in [3.8, 4) is 0 Å². The van der Waals surface area contributed by atoms with Crippen LogP contribution in [-0.4, -0.2) is 61.0 Å². The third-order valence-electron chi connectivity index (χ3n) is 4.89. The van der Waals surface area contributed by atoms with E-state index in [0.29, 0.717) is 6.04 Å². The van der Waals surface area contributed by atoms with Gasteiger partial charge in [-0.25, -0.2) is 4.79 Å². The number of carbonyl (C=O) groups is 1. The highest BCUT2D eigenvalue weighted by atomic mass is 19.4. The summed E-state index contributed by atoms with van der Waals surface area (Å²) in [7, 11) is 2.05. The SMILES string of the molecule is Cn1nc(Cn2cccn2)c2c1CN(C1CCOCC1)C2.O=C(O)C(F)(F)F. The van der Waals surface area contributed by atoms with Gasteiger partial charge in [-0.3, -0.25) is 14.3 Å². The predicted octanol–water partition coefficient (Wildman–Crippen LogP) is 1.79. The first kappa shape index (κ1) is 20.3. The van der Waals surface area contributed by atoms with Crippen LogP contribution in [0.15, 0.2) is 18.5 Å². The molecule has 0 spiro atoms. The summed E-state index contributed by atoms with van der Waals surface area (Å²) >= 11 is 0. The molecule has 2 aliphatic heterocycles. The van der Waals surface area contributed by atoms with Gasteiger partial charge in [0.2, 0.25) is 0 Å². The van der Waals surface area contributed by atoms with Crippen LogP contribution in [0.3, 0.4) is 0 Å². The number of halogens is 3. The Morgan fingerprint density at radius 3 is 2.57 bits per heavy atom. The van der Waals surface area contributed by atoms with E-state index in [2.05, 4.69) is 17.0 Å². The molecule has 0 amide bonds. The van der Waals surface area contributed by atoms with E-state index < -0.39 is 12.1 Å². The molecule has 1 N–H and O–H groups in total. The number of hydrogen-bond acceptors (Lipinski definition) is 5. The van der Waals surface area contributed by atoms with Crippen LogP contribution in [0.25, 0.3) is 0 Å². The summed E-state index contributed by atoms with van der Waals surface area (Å²) in [4.78, 5) is 11.5. The highest BCUT2D eigenvalue weighted by molar-refractivity contribution is 5.73. The molecule has 2 aromatic rings. The van der Waals surface area contributed by atoms with E-state index in [4.69, 9.17) is 19.7 Å². The lowest BCUT2D eigenvalue weighted by Gasteiger charge is -2.30. The highest BCUT2D eigenvalue weighted by Gasteiger charge is 2.38. The molecule has 154 valence electrons. The first-order valence-electron chi connectivity index (χ1n) is 8.88. The van der Waals surface area contributed by atoms with Crippen LogP contribution in [-0.2, 0) is 36.2 Å². The van der Waals surface area contributed by atoms with Gasteiger partial charge in [0.25, 0.3) is 0 Å². The van der Waals surface area contributed by atoms with E-state index in [1.807, 2.05) is 27.8 Å². The molecule has 8 nitrogen and oxygen atoms in total. The summed E-state index contributed by atoms with van der Waals surface area (Å²) in [6.07, 6.45) is 1.02. The smallest absolute Gasteiger partial charge is 0.475 e. The Morgan fingerprint density at radius 2 is 2.00 bits per heavy atom. The molecule has 0 aromatic carbocycles. The molecular formula is C17H22F3N5O3. The van der Waals surface area contributed by atoms with Gasteiger partial charge in [0, 0.05) is 57.3 Å². The Labute approximate surface area is 159 Å². The lowest BCUT2D eigenvalue weighted by Crippen LogP contribution is -2.36. The van der Waals surface area contributed by atoms with Crippen molar-refractivity contribution in [3.63, 3.8) is 0 Å². The van der Waals surface area contributed by atoms with Crippen LogP contribution in [0, 0.1) is 0 Å². The normalized spacial score (nSPS) is 17.9. The first-order chi connectivity index (χ1) is 13.3. The standard InChI is InChI=1S/C15H21N5O.C2HF3O2/c1-18-15-11-19(12-3-7-21-8-4-12)9-13(15)14(17-18)10-20-6-2-5-16-20;3-2(4,5)1(6)7/h2,5-6,12H,3-4,7-11H2,1H3;(H,6,7). The summed E-state index contributed by atoms with van der Waals surface area (Å²) in [5.41, 5.74) is 3.92. The first-order valence-corrected chi connectivity index (χ1v) is 8.88. The predicted molar refractivity (Wildman–Crippen MR) is 91.3 cm³/mol.